The van der Waals surface area contributed by atoms with Crippen LogP contribution in [-0.2, 0) is 0 Å². The number of aliphatic imine (C=N–C) groups is 1. The second-order valence-corrected chi connectivity index (χ2v) is 3.31. The van der Waals surface area contributed by atoms with Gasteiger partial charge >= 0.3 is 0 Å². The fourth-order valence-corrected chi connectivity index (χ4v) is 1.30. The summed E-state index contributed by atoms with van der Waals surface area (Å²) >= 11 is 1.78. The van der Waals surface area contributed by atoms with E-state index >= 15 is 0 Å². The number of thioether (sulfide) groups is 1. The Hall–Kier alpha value is -0.420. The Morgan fingerprint density at radius 3 is 2.91 bits per heavy atom. The maximum absolute atomic E-state index is 8.27. The third-order valence-electron chi connectivity index (χ3n) is 1.14. The first-order valence-corrected chi connectivity index (χ1v) is 4.79. The molecule has 0 heterocycles. The van der Waals surface area contributed by atoms with Gasteiger partial charge in [0, 0.05) is 6.54 Å². The normalized spacial score (nSPS) is 14.6. The van der Waals surface area contributed by atoms with E-state index in [1.54, 1.807) is 17.2 Å². The van der Waals surface area contributed by atoms with Crippen LogP contribution in [0, 0.1) is 5.92 Å². The molecule has 0 aliphatic heterocycles. The van der Waals surface area contributed by atoms with Crippen molar-refractivity contribution in [1.82, 2.24) is 5.48 Å². The Morgan fingerprint density at radius 1 is 1.82 bits per heavy atom. The first-order valence-electron chi connectivity index (χ1n) is 3.39. The van der Waals surface area contributed by atoms with E-state index in [0.29, 0.717) is 12.5 Å². The molecule has 0 amide bonds. The van der Waals surface area contributed by atoms with Crippen molar-refractivity contribution in [3.63, 3.8) is 0 Å². The van der Waals surface area contributed by atoms with E-state index in [-0.39, 0.29) is 5.96 Å². The maximum Gasteiger partial charge on any atom is 0.212 e. The lowest BCUT2D eigenvalue weighted by Gasteiger charge is -2.05. The highest BCUT2D eigenvalue weighted by atomic mass is 32.2. The Bertz CT molecular complexity index is 129. The van der Waals surface area contributed by atoms with E-state index in [1.165, 1.54) is 0 Å². The van der Waals surface area contributed by atoms with E-state index in [2.05, 4.69) is 11.9 Å². The minimum Gasteiger partial charge on any atom is -0.368 e. The van der Waals surface area contributed by atoms with Crippen LogP contribution in [0.5, 0.6) is 0 Å². The molecule has 0 saturated heterocycles. The molecule has 4 nitrogen and oxygen atoms in total. The van der Waals surface area contributed by atoms with Gasteiger partial charge in [0.25, 0.3) is 0 Å². The molecule has 0 rings (SSSR count). The van der Waals surface area contributed by atoms with Crippen LogP contribution in [-0.4, -0.2) is 29.7 Å². The van der Waals surface area contributed by atoms with Crippen molar-refractivity contribution in [2.75, 3.05) is 18.6 Å². The van der Waals surface area contributed by atoms with Gasteiger partial charge in [0.1, 0.15) is 0 Å². The highest BCUT2D eigenvalue weighted by Crippen LogP contribution is 2.03. The van der Waals surface area contributed by atoms with Gasteiger partial charge in [0.15, 0.2) is 0 Å². The molecule has 1 atom stereocenters. The van der Waals surface area contributed by atoms with Crippen molar-refractivity contribution in [1.29, 1.82) is 0 Å². The minimum absolute atomic E-state index is 0.0814. The molecule has 0 saturated carbocycles. The van der Waals surface area contributed by atoms with Gasteiger partial charge in [-0.3, -0.25) is 10.2 Å². The lowest BCUT2D eigenvalue weighted by Crippen LogP contribution is -2.29. The van der Waals surface area contributed by atoms with Crippen molar-refractivity contribution in [3.8, 4) is 0 Å². The molecule has 0 aliphatic rings. The smallest absolute Gasteiger partial charge is 0.212 e. The summed E-state index contributed by atoms with van der Waals surface area (Å²) in [4.78, 5) is 3.88. The third kappa shape index (κ3) is 6.00. The molecular weight excluding hydrogens is 162 g/mol. The van der Waals surface area contributed by atoms with E-state index < -0.39 is 0 Å². The molecule has 0 aromatic rings. The van der Waals surface area contributed by atoms with Crippen molar-refractivity contribution >= 4 is 17.7 Å². The van der Waals surface area contributed by atoms with Gasteiger partial charge in [-0.1, -0.05) is 6.92 Å². The number of nitrogens with zero attached hydrogens (tertiary/aromatic N) is 1. The summed E-state index contributed by atoms with van der Waals surface area (Å²) in [5.74, 6) is 1.64. The highest BCUT2D eigenvalue weighted by molar-refractivity contribution is 7.98. The lowest BCUT2D eigenvalue weighted by molar-refractivity contribution is 0.232. The Balaban J connectivity index is 3.50. The third-order valence-corrected chi connectivity index (χ3v) is 2.04. The number of hydrogen-bond donors (Lipinski definition) is 3. The fourth-order valence-electron chi connectivity index (χ4n) is 0.627. The van der Waals surface area contributed by atoms with Crippen LogP contribution in [0.2, 0.25) is 0 Å². The van der Waals surface area contributed by atoms with Crippen LogP contribution in [0.25, 0.3) is 0 Å². The van der Waals surface area contributed by atoms with Crippen LogP contribution in [0.15, 0.2) is 4.99 Å². The van der Waals surface area contributed by atoms with Crippen molar-refractivity contribution in [2.24, 2.45) is 16.6 Å². The van der Waals surface area contributed by atoms with Gasteiger partial charge in [0.05, 0.1) is 0 Å². The van der Waals surface area contributed by atoms with Crippen LogP contribution >= 0.6 is 11.8 Å². The minimum atomic E-state index is 0.0814. The second kappa shape index (κ2) is 6.30. The first kappa shape index (κ1) is 10.6. The molecule has 1 unspecified atom stereocenters. The molecule has 0 aliphatic carbocycles. The molecule has 0 bridgehead atoms. The highest BCUT2D eigenvalue weighted by Gasteiger charge is 1.98. The zero-order chi connectivity index (χ0) is 8.69. The van der Waals surface area contributed by atoms with Gasteiger partial charge in [-0.15, -0.1) is 0 Å². The molecule has 0 radical (unpaired) electrons. The van der Waals surface area contributed by atoms with Gasteiger partial charge in [-0.2, -0.15) is 11.8 Å². The average molecular weight is 177 g/mol. The largest absolute Gasteiger partial charge is 0.368 e. The predicted molar refractivity (Wildman–Crippen MR) is 49.0 cm³/mol. The number of nitrogens with two attached hydrogens (primary N) is 1. The molecular formula is C6H15N3OS. The molecule has 0 fully saturated rings. The van der Waals surface area contributed by atoms with Crippen LogP contribution in [0.3, 0.4) is 0 Å². The SMILES string of the molecule is CSCC(C)CN=C(N)NO. The Labute approximate surface area is 71.2 Å². The number of nitrogens with one attached hydrogen (secondary N) is 1. The van der Waals surface area contributed by atoms with Crippen LogP contribution < -0.4 is 11.2 Å². The summed E-state index contributed by atoms with van der Waals surface area (Å²) in [7, 11) is 0. The average Bonchev–Trinajstić information content (AvgIpc) is 2.01. The zero-order valence-corrected chi connectivity index (χ0v) is 7.69. The van der Waals surface area contributed by atoms with Gasteiger partial charge in [0.2, 0.25) is 5.96 Å². The predicted octanol–water partition coefficient (Wildman–Crippen LogP) is 0.279. The van der Waals surface area contributed by atoms with Crippen molar-refractivity contribution < 1.29 is 5.21 Å². The van der Waals surface area contributed by atoms with Crippen LogP contribution in [0.4, 0.5) is 0 Å². The summed E-state index contributed by atoms with van der Waals surface area (Å²) < 4.78 is 0. The summed E-state index contributed by atoms with van der Waals surface area (Å²) in [5.41, 5.74) is 6.98. The molecule has 0 aromatic heterocycles. The van der Waals surface area contributed by atoms with E-state index in [4.69, 9.17) is 10.9 Å². The van der Waals surface area contributed by atoms with E-state index in [1.807, 2.05) is 6.26 Å². The number of rotatable bonds is 4. The Morgan fingerprint density at radius 2 is 2.45 bits per heavy atom. The molecule has 11 heavy (non-hydrogen) atoms. The first-order chi connectivity index (χ1) is 5.20. The molecule has 5 heteroatoms. The summed E-state index contributed by atoms with van der Waals surface area (Å²) in [6.07, 6.45) is 2.05. The molecule has 0 spiro atoms. The van der Waals surface area contributed by atoms with Gasteiger partial charge < -0.3 is 5.73 Å². The van der Waals surface area contributed by atoms with Gasteiger partial charge in [-0.05, 0) is 17.9 Å². The van der Waals surface area contributed by atoms with E-state index in [0.717, 1.165) is 5.75 Å². The molecule has 0 aromatic carbocycles. The quantitative estimate of drug-likeness (QED) is 0.328. The monoisotopic (exact) mass is 177 g/mol. The summed E-state index contributed by atoms with van der Waals surface area (Å²) in [6, 6.07) is 0. The van der Waals surface area contributed by atoms with E-state index in [9.17, 15) is 0 Å². The lowest BCUT2D eigenvalue weighted by atomic mass is 10.2. The second-order valence-electron chi connectivity index (χ2n) is 2.40. The maximum atomic E-state index is 8.27. The fraction of sp³-hybridized carbons (Fsp3) is 0.833. The van der Waals surface area contributed by atoms with Crippen molar-refractivity contribution in [2.45, 2.75) is 6.92 Å². The number of hydroxylamine groups is 1. The number of hydrogen-bond acceptors (Lipinski definition) is 3. The van der Waals surface area contributed by atoms with Crippen LogP contribution in [0.1, 0.15) is 6.92 Å². The van der Waals surface area contributed by atoms with Gasteiger partial charge in [-0.25, -0.2) is 5.48 Å². The number of guanidine groups is 1. The van der Waals surface area contributed by atoms with Crippen molar-refractivity contribution in [3.05, 3.63) is 0 Å². The standard InChI is InChI=1S/C6H15N3OS/c1-5(4-11-2)3-8-6(7)9-10/h5,10H,3-4H2,1-2H3,(H3,7,8,9). The summed E-state index contributed by atoms with van der Waals surface area (Å²) in [6.45, 7) is 2.74. The zero-order valence-electron chi connectivity index (χ0n) is 6.87. The Kier molecular flexibility index (Phi) is 6.06. The molecule has 66 valence electrons. The summed E-state index contributed by atoms with van der Waals surface area (Å²) in [5, 5.41) is 8.27. The molecule has 4 N–H and O–H groups in total. The topological polar surface area (TPSA) is 70.6 Å².